The Labute approximate surface area is 171 Å². The minimum atomic E-state index is -1.04. The SMILES string of the molecule is O=C1C=CC2=C(c3ccccc3C(=O)O)[C@@H]3C=CC(O)=C(Br)[C@@H]3OC2=C1Br. The van der Waals surface area contributed by atoms with Gasteiger partial charge in [0.25, 0.3) is 0 Å². The van der Waals surface area contributed by atoms with Crippen LogP contribution in [0, 0.1) is 5.92 Å². The third kappa shape index (κ3) is 2.82. The van der Waals surface area contributed by atoms with E-state index in [4.69, 9.17) is 4.74 Å². The average Bonchev–Trinajstić information content (AvgIpc) is 2.66. The van der Waals surface area contributed by atoms with Gasteiger partial charge in [0.15, 0.2) is 5.78 Å². The van der Waals surface area contributed by atoms with Crippen LogP contribution in [0.4, 0.5) is 0 Å². The van der Waals surface area contributed by atoms with Gasteiger partial charge in [-0.2, -0.15) is 0 Å². The molecule has 0 radical (unpaired) electrons. The molecule has 0 spiro atoms. The molecule has 0 unspecified atom stereocenters. The number of aliphatic hydroxyl groups is 1. The van der Waals surface area contributed by atoms with Crippen molar-refractivity contribution >= 4 is 49.2 Å². The number of ketones is 1. The summed E-state index contributed by atoms with van der Waals surface area (Å²) < 4.78 is 6.75. The Kier molecular flexibility index (Phi) is 4.44. The number of carboxylic acids is 1. The highest BCUT2D eigenvalue weighted by atomic mass is 79.9. The van der Waals surface area contributed by atoms with E-state index in [-0.39, 0.29) is 27.5 Å². The van der Waals surface area contributed by atoms with Crippen LogP contribution in [-0.2, 0) is 9.53 Å². The van der Waals surface area contributed by atoms with Crippen LogP contribution in [0.15, 0.2) is 74.6 Å². The van der Waals surface area contributed by atoms with E-state index in [1.54, 1.807) is 42.5 Å². The lowest BCUT2D eigenvalue weighted by atomic mass is 9.77. The van der Waals surface area contributed by atoms with Crippen molar-refractivity contribution in [3.63, 3.8) is 0 Å². The molecule has 0 bridgehead atoms. The Balaban J connectivity index is 2.04. The van der Waals surface area contributed by atoms with Gasteiger partial charge in [-0.15, -0.1) is 0 Å². The van der Waals surface area contributed by atoms with Crippen LogP contribution in [0.3, 0.4) is 0 Å². The third-order valence-electron chi connectivity index (χ3n) is 4.66. The summed E-state index contributed by atoms with van der Waals surface area (Å²) >= 11 is 6.65. The van der Waals surface area contributed by atoms with Crippen LogP contribution < -0.4 is 0 Å². The number of carboxylic acid groups (broad SMARTS) is 1. The van der Waals surface area contributed by atoms with E-state index in [1.165, 1.54) is 6.08 Å². The molecule has 1 heterocycles. The second-order valence-corrected chi connectivity index (χ2v) is 7.82. The van der Waals surface area contributed by atoms with Crippen LogP contribution in [0.25, 0.3) is 5.57 Å². The Morgan fingerprint density at radius 1 is 1.11 bits per heavy atom. The molecular weight excluding hydrogens is 480 g/mol. The number of aliphatic hydroxyl groups excluding tert-OH is 1. The van der Waals surface area contributed by atoms with E-state index in [9.17, 15) is 19.8 Å². The van der Waals surface area contributed by atoms with Gasteiger partial charge in [0.1, 0.15) is 22.1 Å². The highest BCUT2D eigenvalue weighted by molar-refractivity contribution is 9.12. The first-order valence-electron chi connectivity index (χ1n) is 8.03. The van der Waals surface area contributed by atoms with Crippen molar-refractivity contribution in [2.45, 2.75) is 6.10 Å². The van der Waals surface area contributed by atoms with Gasteiger partial charge in [-0.3, -0.25) is 4.79 Å². The molecule has 2 N–H and O–H groups in total. The van der Waals surface area contributed by atoms with Crippen molar-refractivity contribution in [2.75, 3.05) is 0 Å². The molecule has 3 aliphatic rings. The number of hydrogen-bond donors (Lipinski definition) is 2. The van der Waals surface area contributed by atoms with E-state index in [1.807, 2.05) is 0 Å². The van der Waals surface area contributed by atoms with Crippen molar-refractivity contribution in [1.29, 1.82) is 0 Å². The molecule has 0 fully saturated rings. The maximum atomic E-state index is 12.1. The normalized spacial score (nSPS) is 24.0. The Bertz CT molecular complexity index is 1040. The summed E-state index contributed by atoms with van der Waals surface area (Å²) in [7, 11) is 0. The lowest BCUT2D eigenvalue weighted by Gasteiger charge is -2.38. The molecular formula is C20H12Br2O5. The molecule has 0 saturated carbocycles. The standard InChI is InChI=1S/C20H12Br2O5/c21-16-13(23)7-5-11-15(9-3-1-2-4-10(9)20(25)26)12-6-8-14(24)17(22)19(12)27-18(11)16/h1-8,11,18,23H,(H,25,26)/t11-,18+/m0/s1. The quantitative estimate of drug-likeness (QED) is 0.630. The van der Waals surface area contributed by atoms with Crippen LogP contribution in [0.5, 0.6) is 0 Å². The Morgan fingerprint density at radius 3 is 2.59 bits per heavy atom. The molecule has 27 heavy (non-hydrogen) atoms. The van der Waals surface area contributed by atoms with E-state index in [0.29, 0.717) is 21.4 Å². The summed E-state index contributed by atoms with van der Waals surface area (Å²) in [6.45, 7) is 0. The summed E-state index contributed by atoms with van der Waals surface area (Å²) in [4.78, 5) is 23.9. The highest BCUT2D eigenvalue weighted by Gasteiger charge is 2.41. The second-order valence-electron chi connectivity index (χ2n) is 6.18. The van der Waals surface area contributed by atoms with Gasteiger partial charge in [0, 0.05) is 11.5 Å². The van der Waals surface area contributed by atoms with Gasteiger partial charge >= 0.3 is 5.97 Å². The molecule has 1 aliphatic heterocycles. The first-order valence-corrected chi connectivity index (χ1v) is 9.61. The summed E-state index contributed by atoms with van der Waals surface area (Å²) in [5.74, 6) is -1.26. The van der Waals surface area contributed by atoms with E-state index in [0.717, 1.165) is 5.57 Å². The molecule has 136 valence electrons. The van der Waals surface area contributed by atoms with Crippen LogP contribution in [0.2, 0.25) is 0 Å². The van der Waals surface area contributed by atoms with Gasteiger partial charge in [-0.1, -0.05) is 24.3 Å². The fourth-order valence-corrected chi connectivity index (χ4v) is 4.40. The van der Waals surface area contributed by atoms with Gasteiger partial charge < -0.3 is 14.9 Å². The minimum Gasteiger partial charge on any atom is -0.507 e. The zero-order chi connectivity index (χ0) is 19.3. The summed E-state index contributed by atoms with van der Waals surface area (Å²) in [6.07, 6.45) is 5.79. The number of hydrogen-bond acceptors (Lipinski definition) is 4. The fraction of sp³-hybridized carbons (Fsp3) is 0.100. The molecule has 4 rings (SSSR count). The number of allylic oxidation sites excluding steroid dienone is 4. The fourth-order valence-electron chi connectivity index (χ4n) is 3.45. The molecule has 0 saturated heterocycles. The van der Waals surface area contributed by atoms with Crippen molar-refractivity contribution in [3.8, 4) is 0 Å². The Hall–Kier alpha value is -2.38. The summed E-state index contributed by atoms with van der Waals surface area (Å²) in [6, 6.07) is 6.72. The number of halogens is 2. The second kappa shape index (κ2) is 6.65. The van der Waals surface area contributed by atoms with E-state index >= 15 is 0 Å². The molecule has 2 aliphatic carbocycles. The number of ether oxygens (including phenoxy) is 1. The predicted octanol–water partition coefficient (Wildman–Crippen LogP) is 4.63. The number of aromatic carboxylic acids is 1. The first kappa shape index (κ1) is 18.0. The summed E-state index contributed by atoms with van der Waals surface area (Å²) in [5.41, 5.74) is 2.06. The zero-order valence-corrected chi connectivity index (χ0v) is 16.8. The lowest BCUT2D eigenvalue weighted by Crippen LogP contribution is -2.33. The topological polar surface area (TPSA) is 83.8 Å². The van der Waals surface area contributed by atoms with Crippen LogP contribution in [-0.4, -0.2) is 28.1 Å². The van der Waals surface area contributed by atoms with E-state index in [2.05, 4.69) is 31.9 Å². The Morgan fingerprint density at radius 2 is 1.85 bits per heavy atom. The number of carbonyl (C=O) groups is 2. The molecule has 1 aromatic rings. The third-order valence-corrected chi connectivity index (χ3v) is 6.27. The number of benzene rings is 1. The minimum absolute atomic E-state index is 0.0278. The van der Waals surface area contributed by atoms with Gasteiger partial charge in [0.2, 0.25) is 0 Å². The zero-order valence-electron chi connectivity index (χ0n) is 13.6. The highest BCUT2D eigenvalue weighted by Crippen LogP contribution is 2.49. The molecule has 2 atom stereocenters. The number of rotatable bonds is 2. The number of fused-ring (bicyclic) bond motifs is 2. The first-order chi connectivity index (χ1) is 12.9. The van der Waals surface area contributed by atoms with Crippen molar-refractivity contribution in [3.05, 3.63) is 85.8 Å². The van der Waals surface area contributed by atoms with Gasteiger partial charge in [0.05, 0.1) is 10.0 Å². The molecule has 0 amide bonds. The molecule has 5 nitrogen and oxygen atoms in total. The largest absolute Gasteiger partial charge is 0.507 e. The van der Waals surface area contributed by atoms with E-state index < -0.39 is 12.1 Å². The van der Waals surface area contributed by atoms with Gasteiger partial charge in [-0.05, 0) is 67.3 Å². The van der Waals surface area contributed by atoms with Crippen molar-refractivity contribution < 1.29 is 24.5 Å². The van der Waals surface area contributed by atoms with Crippen molar-refractivity contribution in [1.82, 2.24) is 0 Å². The van der Waals surface area contributed by atoms with Crippen molar-refractivity contribution in [2.24, 2.45) is 5.92 Å². The smallest absolute Gasteiger partial charge is 0.336 e. The van der Waals surface area contributed by atoms with Gasteiger partial charge in [-0.25, -0.2) is 4.79 Å². The average molecular weight is 492 g/mol. The lowest BCUT2D eigenvalue weighted by molar-refractivity contribution is -0.111. The van der Waals surface area contributed by atoms with Crippen LogP contribution >= 0.6 is 31.9 Å². The maximum Gasteiger partial charge on any atom is 0.336 e. The summed E-state index contributed by atoms with van der Waals surface area (Å²) in [5, 5.41) is 19.7. The maximum absolute atomic E-state index is 12.1. The monoisotopic (exact) mass is 490 g/mol. The van der Waals surface area contributed by atoms with Crippen LogP contribution in [0.1, 0.15) is 15.9 Å². The molecule has 1 aromatic carbocycles. The predicted molar refractivity (Wildman–Crippen MR) is 107 cm³/mol. The molecule has 0 aromatic heterocycles. The molecule has 7 heteroatoms. The number of carbonyl (C=O) groups excluding carboxylic acids is 1.